The van der Waals surface area contributed by atoms with Gasteiger partial charge in [0.2, 0.25) is 5.91 Å². The number of nitriles is 1. The maximum atomic E-state index is 11.9. The lowest BCUT2D eigenvalue weighted by Gasteiger charge is -2.32. The van der Waals surface area contributed by atoms with Gasteiger partial charge in [-0.1, -0.05) is 0 Å². The van der Waals surface area contributed by atoms with Crippen LogP contribution in [0.1, 0.15) is 12.8 Å². The second-order valence-corrected chi connectivity index (χ2v) is 4.56. The van der Waals surface area contributed by atoms with Crippen LogP contribution in [0.2, 0.25) is 0 Å². The number of likely N-dealkylation sites (N-methyl/N-ethyl adjacent to an activating group) is 1. The first-order valence-electron chi connectivity index (χ1n) is 5.82. The summed E-state index contributed by atoms with van der Waals surface area (Å²) in [6.07, 6.45) is 2.26. The average molecular weight is 222 g/mol. The maximum absolute atomic E-state index is 11.9. The Morgan fingerprint density at radius 3 is 3.00 bits per heavy atom. The number of amides is 1. The van der Waals surface area contributed by atoms with Crippen LogP contribution >= 0.6 is 0 Å². The normalized spacial score (nSPS) is 26.1. The number of rotatable bonds is 3. The van der Waals surface area contributed by atoms with Crippen LogP contribution in [-0.4, -0.2) is 61.0 Å². The first-order chi connectivity index (χ1) is 7.72. The van der Waals surface area contributed by atoms with Crippen molar-refractivity contribution in [2.75, 3.05) is 33.2 Å². The maximum Gasteiger partial charge on any atom is 0.236 e. The van der Waals surface area contributed by atoms with Gasteiger partial charge in [-0.25, -0.2) is 0 Å². The summed E-state index contributed by atoms with van der Waals surface area (Å²) in [6, 6.07) is 2.53. The van der Waals surface area contributed by atoms with Gasteiger partial charge in [0.25, 0.3) is 0 Å². The SMILES string of the molecule is CN(C(=O)CN1CCNCC1C#N)C1CC1. The van der Waals surface area contributed by atoms with E-state index in [2.05, 4.69) is 11.4 Å². The van der Waals surface area contributed by atoms with Crippen molar-refractivity contribution >= 4 is 5.91 Å². The second kappa shape index (κ2) is 4.81. The van der Waals surface area contributed by atoms with Crippen LogP contribution < -0.4 is 5.32 Å². The van der Waals surface area contributed by atoms with Crippen molar-refractivity contribution < 1.29 is 4.79 Å². The molecule has 1 atom stereocenters. The van der Waals surface area contributed by atoms with Gasteiger partial charge >= 0.3 is 0 Å². The van der Waals surface area contributed by atoms with Crippen LogP contribution in [0.25, 0.3) is 0 Å². The minimum Gasteiger partial charge on any atom is -0.342 e. The molecule has 0 aromatic heterocycles. The van der Waals surface area contributed by atoms with E-state index in [0.717, 1.165) is 25.9 Å². The third kappa shape index (κ3) is 2.52. The van der Waals surface area contributed by atoms with Crippen molar-refractivity contribution in [2.45, 2.75) is 24.9 Å². The van der Waals surface area contributed by atoms with Crippen molar-refractivity contribution in [1.82, 2.24) is 15.1 Å². The zero-order valence-corrected chi connectivity index (χ0v) is 9.65. The largest absolute Gasteiger partial charge is 0.342 e. The smallest absolute Gasteiger partial charge is 0.236 e. The number of nitrogens with one attached hydrogen (secondary N) is 1. The Morgan fingerprint density at radius 2 is 2.38 bits per heavy atom. The first-order valence-corrected chi connectivity index (χ1v) is 5.82. The third-order valence-corrected chi connectivity index (χ3v) is 3.33. The minimum atomic E-state index is -0.162. The molecule has 0 aromatic rings. The fourth-order valence-corrected chi connectivity index (χ4v) is 2.01. The number of hydrogen-bond donors (Lipinski definition) is 1. The standard InChI is InChI=1S/C11H18N4O/c1-14(9-2-3-9)11(16)8-15-5-4-13-7-10(15)6-12/h9-10,13H,2-5,7-8H2,1H3. The third-order valence-electron chi connectivity index (χ3n) is 3.33. The molecule has 88 valence electrons. The highest BCUT2D eigenvalue weighted by atomic mass is 16.2. The fraction of sp³-hybridized carbons (Fsp3) is 0.818. The number of piperazine rings is 1. The molecule has 1 N–H and O–H groups in total. The summed E-state index contributed by atoms with van der Waals surface area (Å²) in [6.45, 7) is 2.69. The van der Waals surface area contributed by atoms with E-state index in [4.69, 9.17) is 5.26 Å². The zero-order chi connectivity index (χ0) is 11.5. The van der Waals surface area contributed by atoms with E-state index in [1.807, 2.05) is 16.8 Å². The molecule has 1 amide bonds. The lowest BCUT2D eigenvalue weighted by molar-refractivity contribution is -0.132. The van der Waals surface area contributed by atoms with E-state index in [0.29, 0.717) is 19.1 Å². The lowest BCUT2D eigenvalue weighted by Crippen LogP contribution is -2.53. The number of carbonyl (C=O) groups excluding carboxylic acids is 1. The van der Waals surface area contributed by atoms with Crippen LogP contribution in [0, 0.1) is 11.3 Å². The highest BCUT2D eigenvalue weighted by Gasteiger charge is 2.31. The van der Waals surface area contributed by atoms with Gasteiger partial charge in [0, 0.05) is 32.7 Å². The lowest BCUT2D eigenvalue weighted by atomic mass is 10.2. The predicted octanol–water partition coefficient (Wildman–Crippen LogP) is -0.595. The van der Waals surface area contributed by atoms with Gasteiger partial charge in [0.15, 0.2) is 0 Å². The van der Waals surface area contributed by atoms with Gasteiger partial charge in [0.1, 0.15) is 6.04 Å². The van der Waals surface area contributed by atoms with Crippen molar-refractivity contribution in [1.29, 1.82) is 5.26 Å². The molecule has 1 saturated heterocycles. The van der Waals surface area contributed by atoms with Crippen molar-refractivity contribution in [3.05, 3.63) is 0 Å². The van der Waals surface area contributed by atoms with E-state index in [1.54, 1.807) is 0 Å². The summed E-state index contributed by atoms with van der Waals surface area (Å²) in [5.41, 5.74) is 0. The molecule has 0 radical (unpaired) electrons. The Hall–Kier alpha value is -1.12. The molecule has 0 aromatic carbocycles. The van der Waals surface area contributed by atoms with E-state index >= 15 is 0 Å². The second-order valence-electron chi connectivity index (χ2n) is 4.56. The number of nitrogens with zero attached hydrogens (tertiary/aromatic N) is 3. The molecule has 2 fully saturated rings. The zero-order valence-electron chi connectivity index (χ0n) is 9.65. The fourth-order valence-electron chi connectivity index (χ4n) is 2.01. The van der Waals surface area contributed by atoms with Crippen LogP contribution in [0.4, 0.5) is 0 Å². The summed E-state index contributed by atoms with van der Waals surface area (Å²) < 4.78 is 0. The van der Waals surface area contributed by atoms with Gasteiger partial charge in [-0.05, 0) is 12.8 Å². The summed E-state index contributed by atoms with van der Waals surface area (Å²) in [5.74, 6) is 0.143. The molecule has 1 heterocycles. The molecule has 5 heteroatoms. The molecule has 5 nitrogen and oxygen atoms in total. The van der Waals surface area contributed by atoms with E-state index in [1.165, 1.54) is 0 Å². The molecule has 1 aliphatic carbocycles. The molecule has 1 saturated carbocycles. The van der Waals surface area contributed by atoms with E-state index in [-0.39, 0.29) is 11.9 Å². The molecule has 2 aliphatic rings. The monoisotopic (exact) mass is 222 g/mol. The molecule has 1 aliphatic heterocycles. The van der Waals surface area contributed by atoms with Gasteiger partial charge < -0.3 is 10.2 Å². The summed E-state index contributed by atoms with van der Waals surface area (Å²) in [4.78, 5) is 15.7. The minimum absolute atomic E-state index is 0.143. The molecular formula is C11H18N4O. The molecule has 0 bridgehead atoms. The quantitative estimate of drug-likeness (QED) is 0.693. The van der Waals surface area contributed by atoms with Crippen LogP contribution in [0.5, 0.6) is 0 Å². The Kier molecular flexibility index (Phi) is 3.42. The molecule has 0 spiro atoms. The predicted molar refractivity (Wildman–Crippen MR) is 59.6 cm³/mol. The van der Waals surface area contributed by atoms with Crippen LogP contribution in [0.15, 0.2) is 0 Å². The Bertz CT molecular complexity index is 308. The van der Waals surface area contributed by atoms with Crippen molar-refractivity contribution in [3.8, 4) is 6.07 Å². The number of hydrogen-bond acceptors (Lipinski definition) is 4. The van der Waals surface area contributed by atoms with Gasteiger partial charge in [-0.3, -0.25) is 9.69 Å². The van der Waals surface area contributed by atoms with Gasteiger partial charge in [0.05, 0.1) is 12.6 Å². The summed E-state index contributed by atoms with van der Waals surface area (Å²) >= 11 is 0. The van der Waals surface area contributed by atoms with Crippen LogP contribution in [-0.2, 0) is 4.79 Å². The van der Waals surface area contributed by atoms with Crippen LogP contribution in [0.3, 0.4) is 0 Å². The topological polar surface area (TPSA) is 59.4 Å². The van der Waals surface area contributed by atoms with Gasteiger partial charge in [-0.2, -0.15) is 5.26 Å². The Morgan fingerprint density at radius 1 is 1.62 bits per heavy atom. The Labute approximate surface area is 96.0 Å². The molecule has 2 rings (SSSR count). The average Bonchev–Trinajstić information content (AvgIpc) is 3.12. The van der Waals surface area contributed by atoms with E-state index < -0.39 is 0 Å². The molecular weight excluding hydrogens is 204 g/mol. The number of carbonyl (C=O) groups is 1. The molecule has 1 unspecified atom stereocenters. The summed E-state index contributed by atoms with van der Waals surface area (Å²) in [7, 11) is 1.86. The highest BCUT2D eigenvalue weighted by Crippen LogP contribution is 2.25. The van der Waals surface area contributed by atoms with Crippen molar-refractivity contribution in [3.63, 3.8) is 0 Å². The molecule has 16 heavy (non-hydrogen) atoms. The first kappa shape index (κ1) is 11.4. The van der Waals surface area contributed by atoms with E-state index in [9.17, 15) is 4.79 Å². The van der Waals surface area contributed by atoms with Crippen molar-refractivity contribution in [2.24, 2.45) is 0 Å². The Balaban J connectivity index is 1.87. The van der Waals surface area contributed by atoms with Gasteiger partial charge in [-0.15, -0.1) is 0 Å². The highest BCUT2D eigenvalue weighted by molar-refractivity contribution is 5.78. The summed E-state index contributed by atoms with van der Waals surface area (Å²) in [5, 5.41) is 12.1.